The molecule has 2 rings (SSSR count). The van der Waals surface area contributed by atoms with Crippen LogP contribution in [0.4, 0.5) is 11.4 Å². The molecular formula is C53H83N3O11. The van der Waals surface area contributed by atoms with E-state index in [-0.39, 0.29) is 47.2 Å². The van der Waals surface area contributed by atoms with Crippen LogP contribution >= 0.6 is 0 Å². The molecule has 0 bridgehead atoms. The highest BCUT2D eigenvalue weighted by Gasteiger charge is 2.44. The normalized spacial score (nSPS) is 11.9. The summed E-state index contributed by atoms with van der Waals surface area (Å²) in [6.07, 6.45) is 36.8. The summed E-state index contributed by atoms with van der Waals surface area (Å²) in [5.74, 6) is -3.92. The van der Waals surface area contributed by atoms with Crippen LogP contribution in [0.2, 0.25) is 0 Å². The average molecular weight is 938 g/mol. The third-order valence-corrected chi connectivity index (χ3v) is 12.0. The third-order valence-electron chi connectivity index (χ3n) is 12.0. The van der Waals surface area contributed by atoms with Gasteiger partial charge < -0.3 is 25.0 Å². The Morgan fingerprint density at radius 1 is 0.642 bits per heavy atom. The number of allylic oxidation sites excluding steroid dienone is 4. The summed E-state index contributed by atoms with van der Waals surface area (Å²) in [5.41, 5.74) is 0.107. The molecule has 14 nitrogen and oxygen atoms in total. The number of carbonyl (C=O) groups excluding carboxylic acids is 1. The molecule has 376 valence electrons. The quantitative estimate of drug-likeness (QED) is 0.0189. The van der Waals surface area contributed by atoms with Crippen molar-refractivity contribution in [2.45, 2.75) is 193 Å². The van der Waals surface area contributed by atoms with Gasteiger partial charge in [0.1, 0.15) is 0 Å². The van der Waals surface area contributed by atoms with Crippen molar-refractivity contribution in [2.75, 3.05) is 20.8 Å². The second-order valence-corrected chi connectivity index (χ2v) is 17.3. The van der Waals surface area contributed by atoms with E-state index in [0.717, 1.165) is 51.0 Å². The van der Waals surface area contributed by atoms with Crippen LogP contribution in [-0.4, -0.2) is 58.7 Å². The lowest BCUT2D eigenvalue weighted by Gasteiger charge is -2.38. The number of aromatic carboxylic acids is 1. The van der Waals surface area contributed by atoms with Crippen LogP contribution in [0.5, 0.6) is 0 Å². The van der Waals surface area contributed by atoms with Crippen LogP contribution in [0.1, 0.15) is 202 Å². The molecule has 0 heterocycles. The van der Waals surface area contributed by atoms with Gasteiger partial charge in [-0.3, -0.25) is 29.8 Å². The average Bonchev–Trinajstić information content (AvgIpc) is 3.31. The van der Waals surface area contributed by atoms with Crippen molar-refractivity contribution >= 4 is 29.2 Å². The number of nitro benzene ring substituents is 2. The summed E-state index contributed by atoms with van der Waals surface area (Å²) in [6.45, 7) is 4.99. The summed E-state index contributed by atoms with van der Waals surface area (Å²) in [4.78, 5) is 56.1. The number of benzene rings is 2. The Balaban J connectivity index is 0.000000670. The maximum atomic E-state index is 12.1. The molecule has 2 aromatic rings. The maximum Gasteiger partial charge on any atom is 0.335 e. The fraction of sp³-hybridized carbons (Fsp3) is 0.642. The van der Waals surface area contributed by atoms with Gasteiger partial charge in [0.15, 0.2) is 0 Å². The van der Waals surface area contributed by atoms with E-state index in [1.165, 1.54) is 129 Å². The zero-order valence-electron chi connectivity index (χ0n) is 41.2. The topological polar surface area (TPSA) is 208 Å². The van der Waals surface area contributed by atoms with E-state index in [9.17, 15) is 34.6 Å². The molecule has 1 atom stereocenters. The molecule has 0 aliphatic rings. The van der Waals surface area contributed by atoms with Crippen molar-refractivity contribution in [3.63, 3.8) is 0 Å². The molecule has 0 aliphatic carbocycles. The summed E-state index contributed by atoms with van der Waals surface area (Å²) >= 11 is 0. The Morgan fingerprint density at radius 3 is 1.61 bits per heavy atom. The molecule has 67 heavy (non-hydrogen) atoms. The SMILES string of the molecule is CCCCCCCC/C=C\CCCC(CCCC(=O)O)C(OC)(OC)c1ccccc1[N+](=O)[O-].CCCCCCCC/C=C\CCCCCCCNC(=O)Cc1cc(C(=O)O)ccc1[N+](=O)[O-]. The lowest BCUT2D eigenvalue weighted by atomic mass is 9.82. The Labute approximate surface area is 400 Å². The first-order valence-corrected chi connectivity index (χ1v) is 25.0. The van der Waals surface area contributed by atoms with E-state index in [4.69, 9.17) is 19.7 Å². The first-order valence-electron chi connectivity index (χ1n) is 25.0. The number of nitrogens with zero attached hydrogens (tertiary/aromatic N) is 2. The van der Waals surface area contributed by atoms with Crippen LogP contribution in [0.15, 0.2) is 66.8 Å². The van der Waals surface area contributed by atoms with Gasteiger partial charge in [0.2, 0.25) is 11.7 Å². The largest absolute Gasteiger partial charge is 0.481 e. The lowest BCUT2D eigenvalue weighted by molar-refractivity contribution is -0.389. The molecule has 0 fully saturated rings. The molecule has 0 saturated heterocycles. The zero-order chi connectivity index (χ0) is 49.5. The summed E-state index contributed by atoms with van der Waals surface area (Å²) < 4.78 is 11.7. The molecular weight excluding hydrogens is 855 g/mol. The fourth-order valence-electron chi connectivity index (χ4n) is 8.27. The van der Waals surface area contributed by atoms with Crippen molar-refractivity contribution in [3.05, 3.63) is 104 Å². The maximum absolute atomic E-state index is 12.1. The minimum Gasteiger partial charge on any atom is -0.481 e. The van der Waals surface area contributed by atoms with Gasteiger partial charge in [0.05, 0.1) is 27.4 Å². The predicted molar refractivity (Wildman–Crippen MR) is 266 cm³/mol. The molecule has 14 heteroatoms. The lowest BCUT2D eigenvalue weighted by Crippen LogP contribution is -2.40. The Hall–Kier alpha value is -4.95. The van der Waals surface area contributed by atoms with E-state index in [1.807, 2.05) is 0 Å². The molecule has 3 N–H and O–H groups in total. The van der Waals surface area contributed by atoms with Gasteiger partial charge in [0, 0.05) is 50.8 Å². The second kappa shape index (κ2) is 38.1. The standard InChI is InChI=1S/C27H43NO6.C26H40N2O5/c1-4-5-6-7-8-9-10-11-12-13-14-18-23(19-17-22-26(29)30)27(33-2,34-3)24-20-15-16-21-25(24)28(31)32;1-2-3-4-5-6-7-8-9-10-11-12-13-14-15-16-19-27-25(29)21-23-20-22(26(30)31)17-18-24(23)28(32)33/h11-12,15-16,20-21,23H,4-10,13-14,17-19,22H2,1-3H3,(H,29,30);9-10,17-18,20H,2-8,11-16,19,21H2,1H3,(H,27,29)(H,30,31)/b12-11-;10-9-. The second-order valence-electron chi connectivity index (χ2n) is 17.3. The summed E-state index contributed by atoms with van der Waals surface area (Å²) in [7, 11) is 2.98. The van der Waals surface area contributed by atoms with E-state index in [0.29, 0.717) is 31.4 Å². The van der Waals surface area contributed by atoms with Gasteiger partial charge in [-0.15, -0.1) is 0 Å². The molecule has 0 aromatic heterocycles. The molecule has 1 unspecified atom stereocenters. The number of hydrogen-bond acceptors (Lipinski definition) is 9. The highest BCUT2D eigenvalue weighted by molar-refractivity contribution is 5.89. The monoisotopic (exact) mass is 938 g/mol. The zero-order valence-corrected chi connectivity index (χ0v) is 41.2. The van der Waals surface area contributed by atoms with Crippen LogP contribution in [-0.2, 0) is 31.3 Å². The number of ether oxygens (including phenoxy) is 2. The van der Waals surface area contributed by atoms with Crippen LogP contribution in [0, 0.1) is 26.1 Å². The van der Waals surface area contributed by atoms with Crippen LogP contribution in [0.25, 0.3) is 0 Å². The Kier molecular flexibility index (Phi) is 34.1. The van der Waals surface area contributed by atoms with E-state index in [2.05, 4.69) is 43.5 Å². The fourth-order valence-corrected chi connectivity index (χ4v) is 8.27. The highest BCUT2D eigenvalue weighted by atomic mass is 16.7. The number of hydrogen-bond donors (Lipinski definition) is 3. The van der Waals surface area contributed by atoms with E-state index < -0.39 is 27.6 Å². The number of methoxy groups -OCH3 is 2. The van der Waals surface area contributed by atoms with Crippen LogP contribution in [0.3, 0.4) is 0 Å². The molecule has 0 spiro atoms. The van der Waals surface area contributed by atoms with Crippen molar-refractivity contribution in [3.8, 4) is 0 Å². The van der Waals surface area contributed by atoms with Crippen LogP contribution < -0.4 is 5.32 Å². The van der Waals surface area contributed by atoms with Gasteiger partial charge in [-0.2, -0.15) is 0 Å². The van der Waals surface area contributed by atoms with Crippen molar-refractivity contribution < 1.29 is 43.9 Å². The number of rotatable bonds is 39. The predicted octanol–water partition coefficient (Wildman–Crippen LogP) is 14.0. The Morgan fingerprint density at radius 2 is 1.12 bits per heavy atom. The minimum atomic E-state index is -1.32. The summed E-state index contributed by atoms with van der Waals surface area (Å²) in [5, 5.41) is 43.7. The first-order chi connectivity index (χ1) is 32.4. The smallest absolute Gasteiger partial charge is 0.335 e. The first kappa shape index (κ1) is 60.1. The summed E-state index contributed by atoms with van der Waals surface area (Å²) in [6, 6.07) is 9.96. The minimum absolute atomic E-state index is 0.0368. The molecule has 1 amide bonds. The van der Waals surface area contributed by atoms with E-state index in [1.54, 1.807) is 18.2 Å². The number of aliphatic carboxylic acids is 1. The number of nitro groups is 2. The molecule has 0 saturated carbocycles. The number of nitrogens with one attached hydrogen (secondary N) is 1. The Bertz CT molecular complexity index is 1760. The number of carboxylic acids is 2. The number of amides is 1. The number of unbranched alkanes of at least 4 members (excludes halogenated alkanes) is 18. The van der Waals surface area contributed by atoms with Gasteiger partial charge in [-0.05, 0) is 95.2 Å². The number of carboxylic acid groups (broad SMARTS) is 2. The van der Waals surface area contributed by atoms with E-state index >= 15 is 0 Å². The van der Waals surface area contributed by atoms with Gasteiger partial charge in [0.25, 0.3) is 11.4 Å². The molecule has 2 aromatic carbocycles. The molecule has 0 radical (unpaired) electrons. The van der Waals surface area contributed by atoms with Gasteiger partial charge in [-0.25, -0.2) is 4.79 Å². The third kappa shape index (κ3) is 26.3. The number of carbonyl (C=O) groups is 3. The van der Waals surface area contributed by atoms with Crippen molar-refractivity contribution in [2.24, 2.45) is 5.92 Å². The number of para-hydroxylation sites is 1. The van der Waals surface area contributed by atoms with Crippen molar-refractivity contribution in [1.29, 1.82) is 0 Å². The van der Waals surface area contributed by atoms with Gasteiger partial charge in [-0.1, -0.05) is 134 Å². The molecule has 0 aliphatic heterocycles. The van der Waals surface area contributed by atoms with Gasteiger partial charge >= 0.3 is 11.9 Å². The highest BCUT2D eigenvalue weighted by Crippen LogP contribution is 2.43. The van der Waals surface area contributed by atoms with Crippen molar-refractivity contribution in [1.82, 2.24) is 5.32 Å².